The van der Waals surface area contributed by atoms with Gasteiger partial charge in [0.25, 0.3) is 11.5 Å². The number of H-pyrrole nitrogens is 1. The largest absolute Gasteiger partial charge is 0.493 e. The average Bonchev–Trinajstić information content (AvgIpc) is 2.74. The topological polar surface area (TPSA) is 108 Å². The number of aromatic amines is 1. The summed E-state index contributed by atoms with van der Waals surface area (Å²) in [6.07, 6.45) is 1.20. The monoisotopic (exact) mass is 420 g/mol. The minimum absolute atomic E-state index is 0.0696. The molecule has 160 valence electrons. The van der Waals surface area contributed by atoms with Crippen molar-refractivity contribution in [2.75, 3.05) is 13.1 Å². The third-order valence-corrected chi connectivity index (χ3v) is 4.89. The highest BCUT2D eigenvalue weighted by molar-refractivity contribution is 5.94. The molecule has 1 aromatic heterocycles. The van der Waals surface area contributed by atoms with Crippen molar-refractivity contribution in [1.82, 2.24) is 14.5 Å². The van der Waals surface area contributed by atoms with Crippen LogP contribution < -0.4 is 11.2 Å². The molecule has 0 aliphatic carbocycles. The number of hydrogen-bond donors (Lipinski definition) is 2. The molecule has 2 N–H and O–H groups in total. The SMILES string of the molecule is CCN(CC)C(=O)c1ccc(N=Cc2c(O)n(-c3cccc(C)c3)c(=O)[nH]c2=O)cc1. The Bertz CT molecular complexity index is 1240. The molecule has 0 aliphatic heterocycles. The average molecular weight is 420 g/mol. The van der Waals surface area contributed by atoms with E-state index in [0.29, 0.717) is 30.0 Å². The van der Waals surface area contributed by atoms with E-state index in [1.54, 1.807) is 47.4 Å². The number of carbonyl (C=O) groups is 1. The molecule has 0 spiro atoms. The van der Waals surface area contributed by atoms with Crippen molar-refractivity contribution in [3.8, 4) is 11.6 Å². The van der Waals surface area contributed by atoms with Gasteiger partial charge in [0.2, 0.25) is 5.88 Å². The molecule has 0 atom stereocenters. The summed E-state index contributed by atoms with van der Waals surface area (Å²) in [6.45, 7) is 6.93. The number of nitrogens with zero attached hydrogens (tertiary/aromatic N) is 3. The second kappa shape index (κ2) is 9.25. The summed E-state index contributed by atoms with van der Waals surface area (Å²) >= 11 is 0. The molecule has 0 bridgehead atoms. The fraction of sp³-hybridized carbons (Fsp3) is 0.217. The van der Waals surface area contributed by atoms with E-state index in [2.05, 4.69) is 9.98 Å². The lowest BCUT2D eigenvalue weighted by Crippen LogP contribution is -2.31. The molecule has 0 saturated carbocycles. The standard InChI is InChI=1S/C23H24N4O4/c1-4-26(5-2)21(29)16-9-11-17(12-10-16)24-14-19-20(28)25-23(31)27(22(19)30)18-8-6-7-15(3)13-18/h6-14,30H,4-5H2,1-3H3,(H,25,28,31). The number of nitrogens with one attached hydrogen (secondary N) is 1. The second-order valence-electron chi connectivity index (χ2n) is 6.95. The molecule has 1 heterocycles. The van der Waals surface area contributed by atoms with E-state index in [9.17, 15) is 19.5 Å². The highest BCUT2D eigenvalue weighted by Gasteiger charge is 2.15. The van der Waals surface area contributed by atoms with Crippen LogP contribution in [0.25, 0.3) is 5.69 Å². The maximum atomic E-state index is 12.4. The summed E-state index contributed by atoms with van der Waals surface area (Å²) in [5.41, 5.74) is 0.703. The van der Waals surface area contributed by atoms with Gasteiger partial charge >= 0.3 is 5.69 Å². The molecule has 0 fully saturated rings. The zero-order valence-electron chi connectivity index (χ0n) is 17.6. The maximum absolute atomic E-state index is 12.4. The number of aromatic nitrogens is 2. The van der Waals surface area contributed by atoms with Crippen molar-refractivity contribution in [2.45, 2.75) is 20.8 Å². The number of hydrogen-bond acceptors (Lipinski definition) is 5. The van der Waals surface area contributed by atoms with Crippen LogP contribution in [0.5, 0.6) is 5.88 Å². The predicted molar refractivity (Wildman–Crippen MR) is 120 cm³/mol. The van der Waals surface area contributed by atoms with Crippen LogP contribution in [0.4, 0.5) is 5.69 Å². The van der Waals surface area contributed by atoms with Gasteiger partial charge in [-0.3, -0.25) is 19.6 Å². The lowest BCUT2D eigenvalue weighted by Gasteiger charge is -2.18. The molecule has 0 aliphatic rings. The molecular formula is C23H24N4O4. The van der Waals surface area contributed by atoms with Crippen LogP contribution in [0.3, 0.4) is 0 Å². The zero-order chi connectivity index (χ0) is 22.5. The van der Waals surface area contributed by atoms with Crippen molar-refractivity contribution in [2.24, 2.45) is 4.99 Å². The van der Waals surface area contributed by atoms with Gasteiger partial charge in [-0.2, -0.15) is 0 Å². The van der Waals surface area contributed by atoms with Gasteiger partial charge in [0.1, 0.15) is 5.56 Å². The summed E-state index contributed by atoms with van der Waals surface area (Å²) in [5.74, 6) is -0.573. The van der Waals surface area contributed by atoms with Crippen molar-refractivity contribution in [1.29, 1.82) is 0 Å². The Morgan fingerprint density at radius 3 is 2.42 bits per heavy atom. The number of amides is 1. The van der Waals surface area contributed by atoms with Gasteiger partial charge in [0.05, 0.1) is 11.4 Å². The van der Waals surface area contributed by atoms with Gasteiger partial charge in [-0.05, 0) is 62.7 Å². The van der Waals surface area contributed by atoms with E-state index in [-0.39, 0.29) is 11.5 Å². The molecule has 1 amide bonds. The highest BCUT2D eigenvalue weighted by atomic mass is 16.3. The summed E-state index contributed by atoms with van der Waals surface area (Å²) in [5, 5.41) is 10.6. The first-order valence-electron chi connectivity index (χ1n) is 9.94. The quantitative estimate of drug-likeness (QED) is 0.598. The van der Waals surface area contributed by atoms with Crippen molar-refractivity contribution in [3.05, 3.63) is 86.1 Å². The fourth-order valence-corrected chi connectivity index (χ4v) is 3.18. The van der Waals surface area contributed by atoms with Crippen LogP contribution in [0.15, 0.2) is 63.1 Å². The molecule has 3 rings (SSSR count). The van der Waals surface area contributed by atoms with Gasteiger partial charge in [0, 0.05) is 24.9 Å². The molecule has 3 aromatic rings. The third-order valence-electron chi connectivity index (χ3n) is 4.89. The third kappa shape index (κ3) is 4.63. The molecule has 2 aromatic carbocycles. The minimum atomic E-state index is -0.747. The van der Waals surface area contributed by atoms with Gasteiger partial charge in [-0.15, -0.1) is 0 Å². The molecule has 8 nitrogen and oxygen atoms in total. The number of aliphatic imine (C=N–C) groups is 1. The number of aromatic hydroxyl groups is 1. The van der Waals surface area contributed by atoms with E-state index in [1.807, 2.05) is 26.8 Å². The molecule has 0 radical (unpaired) electrons. The summed E-state index contributed by atoms with van der Waals surface area (Å²) in [4.78, 5) is 45.0. The second-order valence-corrected chi connectivity index (χ2v) is 6.95. The van der Waals surface area contributed by atoms with E-state index in [1.165, 1.54) is 6.21 Å². The Balaban J connectivity index is 1.94. The Morgan fingerprint density at radius 1 is 1.13 bits per heavy atom. The van der Waals surface area contributed by atoms with Crippen LogP contribution in [0, 0.1) is 6.92 Å². The van der Waals surface area contributed by atoms with Gasteiger partial charge < -0.3 is 10.0 Å². The van der Waals surface area contributed by atoms with E-state index in [0.717, 1.165) is 10.1 Å². The number of benzene rings is 2. The van der Waals surface area contributed by atoms with Gasteiger partial charge in [-0.1, -0.05) is 12.1 Å². The van der Waals surface area contributed by atoms with Gasteiger partial charge in [0.15, 0.2) is 0 Å². The number of aryl methyl sites for hydroxylation is 1. The molecular weight excluding hydrogens is 396 g/mol. The first kappa shape index (κ1) is 21.8. The van der Waals surface area contributed by atoms with Crippen LogP contribution in [0.2, 0.25) is 0 Å². The van der Waals surface area contributed by atoms with Gasteiger partial charge in [-0.25, -0.2) is 9.36 Å². The zero-order valence-corrected chi connectivity index (χ0v) is 17.6. The summed E-state index contributed by atoms with van der Waals surface area (Å²) in [6, 6.07) is 13.6. The number of rotatable bonds is 6. The van der Waals surface area contributed by atoms with Crippen LogP contribution >= 0.6 is 0 Å². The van der Waals surface area contributed by atoms with Crippen LogP contribution in [-0.2, 0) is 0 Å². The summed E-state index contributed by atoms with van der Waals surface area (Å²) in [7, 11) is 0. The first-order valence-corrected chi connectivity index (χ1v) is 9.94. The molecule has 0 saturated heterocycles. The summed E-state index contributed by atoms with van der Waals surface area (Å²) < 4.78 is 1.02. The normalized spacial score (nSPS) is 11.1. The lowest BCUT2D eigenvalue weighted by molar-refractivity contribution is 0.0773. The molecule has 0 unspecified atom stereocenters. The van der Waals surface area contributed by atoms with Crippen molar-refractivity contribution in [3.63, 3.8) is 0 Å². The lowest BCUT2D eigenvalue weighted by atomic mass is 10.2. The minimum Gasteiger partial charge on any atom is -0.493 e. The molecule has 31 heavy (non-hydrogen) atoms. The smallest absolute Gasteiger partial charge is 0.335 e. The highest BCUT2D eigenvalue weighted by Crippen LogP contribution is 2.18. The van der Waals surface area contributed by atoms with E-state index < -0.39 is 17.1 Å². The molecule has 8 heteroatoms. The van der Waals surface area contributed by atoms with E-state index >= 15 is 0 Å². The first-order chi connectivity index (χ1) is 14.8. The fourth-order valence-electron chi connectivity index (χ4n) is 3.18. The van der Waals surface area contributed by atoms with E-state index in [4.69, 9.17) is 0 Å². The van der Waals surface area contributed by atoms with Crippen molar-refractivity contribution >= 4 is 17.8 Å². The predicted octanol–water partition coefficient (Wildman–Crippen LogP) is 2.77. The van der Waals surface area contributed by atoms with Crippen molar-refractivity contribution < 1.29 is 9.90 Å². The maximum Gasteiger partial charge on any atom is 0.335 e. The van der Waals surface area contributed by atoms with Crippen LogP contribution in [-0.4, -0.2) is 44.8 Å². The van der Waals surface area contributed by atoms with Crippen LogP contribution in [0.1, 0.15) is 35.3 Å². The Morgan fingerprint density at radius 2 is 1.81 bits per heavy atom. The Labute approximate surface area is 179 Å². The Kier molecular flexibility index (Phi) is 6.49. The Hall–Kier alpha value is -3.94. The number of carbonyl (C=O) groups excluding carboxylic acids is 1.